The van der Waals surface area contributed by atoms with Gasteiger partial charge in [0.1, 0.15) is 12.4 Å². The summed E-state index contributed by atoms with van der Waals surface area (Å²) in [5.41, 5.74) is 0. The van der Waals surface area contributed by atoms with Crippen molar-refractivity contribution in [3.05, 3.63) is 29.3 Å². The van der Waals surface area contributed by atoms with Gasteiger partial charge in [-0.05, 0) is 38.0 Å². The van der Waals surface area contributed by atoms with Gasteiger partial charge in [0, 0.05) is 24.7 Å². The van der Waals surface area contributed by atoms with Gasteiger partial charge in [-0.3, -0.25) is 0 Å². The number of ether oxygens (including phenoxy) is 1. The van der Waals surface area contributed by atoms with E-state index in [4.69, 9.17) is 16.3 Å². The quantitative estimate of drug-likeness (QED) is 0.341. The molecule has 21 heavy (non-hydrogen) atoms. The monoisotopic (exact) mass is 423 g/mol. The van der Waals surface area contributed by atoms with E-state index < -0.39 is 0 Å². The molecule has 0 saturated carbocycles. The number of guanidine groups is 1. The highest BCUT2D eigenvalue weighted by Crippen LogP contribution is 2.16. The first kappa shape index (κ1) is 18.4. The molecule has 1 aromatic rings. The molecule has 2 rings (SSSR count). The van der Waals surface area contributed by atoms with Crippen LogP contribution in [0.25, 0.3) is 0 Å². The number of benzene rings is 1. The van der Waals surface area contributed by atoms with Gasteiger partial charge in [-0.25, -0.2) is 4.99 Å². The first-order valence-corrected chi connectivity index (χ1v) is 7.59. The van der Waals surface area contributed by atoms with Gasteiger partial charge in [0.05, 0.1) is 6.54 Å². The minimum Gasteiger partial charge on any atom is -0.492 e. The predicted octanol–water partition coefficient (Wildman–Crippen LogP) is 3.40. The number of rotatable bonds is 5. The Labute approximate surface area is 148 Å². The van der Waals surface area contributed by atoms with Crippen molar-refractivity contribution in [3.63, 3.8) is 0 Å². The second-order valence-electron chi connectivity index (χ2n) is 4.74. The molecular weight excluding hydrogens is 401 g/mol. The highest BCUT2D eigenvalue weighted by Gasteiger charge is 2.15. The van der Waals surface area contributed by atoms with Crippen molar-refractivity contribution in [2.75, 3.05) is 32.8 Å². The lowest BCUT2D eigenvalue weighted by Gasteiger charge is -2.20. The maximum atomic E-state index is 5.91. The minimum absolute atomic E-state index is 0. The molecule has 0 bridgehead atoms. The van der Waals surface area contributed by atoms with Gasteiger partial charge in [0.25, 0.3) is 0 Å². The van der Waals surface area contributed by atoms with Crippen LogP contribution in [0.5, 0.6) is 5.75 Å². The maximum Gasteiger partial charge on any atom is 0.194 e. The summed E-state index contributed by atoms with van der Waals surface area (Å²) in [6, 6.07) is 7.44. The van der Waals surface area contributed by atoms with Crippen LogP contribution < -0.4 is 10.1 Å². The first-order valence-electron chi connectivity index (χ1n) is 7.21. The molecule has 1 heterocycles. The number of hydrogen-bond acceptors (Lipinski definition) is 2. The van der Waals surface area contributed by atoms with Crippen molar-refractivity contribution in [3.8, 4) is 5.75 Å². The SMILES string of the molecule is CCNC(=NCCOc1cccc(Cl)c1)N1CCCC1.I. The molecule has 1 aliphatic heterocycles. The normalized spacial score (nSPS) is 14.8. The van der Waals surface area contributed by atoms with Crippen LogP contribution in [0.2, 0.25) is 5.02 Å². The fraction of sp³-hybridized carbons (Fsp3) is 0.533. The fourth-order valence-corrected chi connectivity index (χ4v) is 2.41. The summed E-state index contributed by atoms with van der Waals surface area (Å²) in [4.78, 5) is 6.91. The predicted molar refractivity (Wildman–Crippen MR) is 99.1 cm³/mol. The Bertz CT molecular complexity index is 450. The Kier molecular flexibility index (Phi) is 8.84. The minimum atomic E-state index is 0. The molecule has 1 aliphatic rings. The molecule has 118 valence electrons. The van der Waals surface area contributed by atoms with Crippen LogP contribution in [0.3, 0.4) is 0 Å². The zero-order valence-corrected chi connectivity index (χ0v) is 15.4. The molecular formula is C15H23ClIN3O. The van der Waals surface area contributed by atoms with Crippen LogP contribution in [0.4, 0.5) is 0 Å². The Morgan fingerprint density at radius 2 is 2.14 bits per heavy atom. The summed E-state index contributed by atoms with van der Waals surface area (Å²) < 4.78 is 5.64. The van der Waals surface area contributed by atoms with E-state index in [0.29, 0.717) is 18.2 Å². The molecule has 1 saturated heterocycles. The van der Waals surface area contributed by atoms with Gasteiger partial charge in [0.15, 0.2) is 5.96 Å². The average molecular weight is 424 g/mol. The molecule has 0 aromatic heterocycles. The number of aliphatic imine (C=N–C) groups is 1. The van der Waals surface area contributed by atoms with E-state index in [-0.39, 0.29) is 24.0 Å². The Morgan fingerprint density at radius 1 is 1.38 bits per heavy atom. The van der Waals surface area contributed by atoms with E-state index >= 15 is 0 Å². The molecule has 0 aliphatic carbocycles. The van der Waals surface area contributed by atoms with Crippen molar-refractivity contribution in [1.29, 1.82) is 0 Å². The highest BCUT2D eigenvalue weighted by molar-refractivity contribution is 14.0. The van der Waals surface area contributed by atoms with Crippen molar-refractivity contribution in [2.24, 2.45) is 4.99 Å². The third kappa shape index (κ3) is 6.30. The molecule has 0 radical (unpaired) electrons. The van der Waals surface area contributed by atoms with E-state index in [1.165, 1.54) is 12.8 Å². The number of nitrogens with one attached hydrogen (secondary N) is 1. The largest absolute Gasteiger partial charge is 0.492 e. The Morgan fingerprint density at radius 3 is 2.81 bits per heavy atom. The van der Waals surface area contributed by atoms with Gasteiger partial charge in [-0.1, -0.05) is 17.7 Å². The summed E-state index contributed by atoms with van der Waals surface area (Å²) in [5, 5.41) is 4.02. The fourth-order valence-electron chi connectivity index (χ4n) is 2.23. The summed E-state index contributed by atoms with van der Waals surface area (Å²) >= 11 is 5.91. The Balaban J connectivity index is 0.00000220. The van der Waals surface area contributed by atoms with Crippen LogP contribution in [-0.4, -0.2) is 43.6 Å². The molecule has 0 unspecified atom stereocenters. The summed E-state index contributed by atoms with van der Waals surface area (Å²) in [7, 11) is 0. The van der Waals surface area contributed by atoms with Gasteiger partial charge >= 0.3 is 0 Å². The standard InChI is InChI=1S/C15H22ClN3O.HI/c1-2-17-15(19-9-3-4-10-19)18-8-11-20-14-7-5-6-13(16)12-14;/h5-7,12H,2-4,8-11H2,1H3,(H,17,18);1H. The van der Waals surface area contributed by atoms with Crippen LogP contribution in [0, 0.1) is 0 Å². The number of hydrogen-bond donors (Lipinski definition) is 1. The maximum absolute atomic E-state index is 5.91. The third-order valence-electron chi connectivity index (χ3n) is 3.16. The topological polar surface area (TPSA) is 36.9 Å². The average Bonchev–Trinajstić information content (AvgIpc) is 2.96. The summed E-state index contributed by atoms with van der Waals surface area (Å²) in [6.45, 7) is 6.38. The van der Waals surface area contributed by atoms with Crippen molar-refractivity contribution in [2.45, 2.75) is 19.8 Å². The molecule has 0 amide bonds. The molecule has 0 atom stereocenters. The molecule has 0 spiro atoms. The van der Waals surface area contributed by atoms with Gasteiger partial charge in [-0.2, -0.15) is 0 Å². The zero-order chi connectivity index (χ0) is 14.2. The van der Waals surface area contributed by atoms with Gasteiger partial charge < -0.3 is 15.0 Å². The molecule has 6 heteroatoms. The van der Waals surface area contributed by atoms with E-state index in [2.05, 4.69) is 22.1 Å². The lowest BCUT2D eigenvalue weighted by molar-refractivity contribution is 0.327. The van der Waals surface area contributed by atoms with Crippen molar-refractivity contribution >= 4 is 41.5 Å². The van der Waals surface area contributed by atoms with Gasteiger partial charge in [0.2, 0.25) is 0 Å². The van der Waals surface area contributed by atoms with Gasteiger partial charge in [-0.15, -0.1) is 24.0 Å². The third-order valence-corrected chi connectivity index (χ3v) is 3.39. The number of nitrogens with zero attached hydrogens (tertiary/aromatic N) is 2. The van der Waals surface area contributed by atoms with Crippen LogP contribution in [0.15, 0.2) is 29.3 Å². The zero-order valence-electron chi connectivity index (χ0n) is 12.3. The number of likely N-dealkylation sites (tertiary alicyclic amines) is 1. The Hall–Kier alpha value is -0.690. The summed E-state index contributed by atoms with van der Waals surface area (Å²) in [5.74, 6) is 1.79. The highest BCUT2D eigenvalue weighted by atomic mass is 127. The number of halogens is 2. The summed E-state index contributed by atoms with van der Waals surface area (Å²) in [6.07, 6.45) is 2.51. The first-order chi connectivity index (χ1) is 9.79. The molecule has 4 nitrogen and oxygen atoms in total. The lowest BCUT2D eigenvalue weighted by atomic mass is 10.3. The van der Waals surface area contributed by atoms with E-state index in [9.17, 15) is 0 Å². The van der Waals surface area contributed by atoms with E-state index in [0.717, 1.165) is 31.3 Å². The van der Waals surface area contributed by atoms with E-state index in [1.807, 2.05) is 24.3 Å². The smallest absolute Gasteiger partial charge is 0.194 e. The molecule has 1 aromatic carbocycles. The van der Waals surface area contributed by atoms with Crippen LogP contribution >= 0.6 is 35.6 Å². The second kappa shape index (κ2) is 10.1. The second-order valence-corrected chi connectivity index (χ2v) is 5.17. The van der Waals surface area contributed by atoms with Crippen molar-refractivity contribution < 1.29 is 4.74 Å². The van der Waals surface area contributed by atoms with Crippen molar-refractivity contribution in [1.82, 2.24) is 10.2 Å². The van der Waals surface area contributed by atoms with Crippen LogP contribution in [-0.2, 0) is 0 Å². The van der Waals surface area contributed by atoms with E-state index in [1.54, 1.807) is 0 Å². The lowest BCUT2D eigenvalue weighted by Crippen LogP contribution is -2.39. The van der Waals surface area contributed by atoms with Crippen LogP contribution in [0.1, 0.15) is 19.8 Å². The molecule has 1 N–H and O–H groups in total. The molecule has 1 fully saturated rings.